The molecule has 0 unspecified atom stereocenters. The van der Waals surface area contributed by atoms with E-state index in [9.17, 15) is 19.7 Å². The summed E-state index contributed by atoms with van der Waals surface area (Å²) in [6.45, 7) is 3.80. The van der Waals surface area contributed by atoms with Crippen molar-refractivity contribution < 1.29 is 19.6 Å². The van der Waals surface area contributed by atoms with E-state index < -0.39 is 16.8 Å². The standard InChI is InChI=1S/C13H17N3O5/c1-3-14-13(19)9-5-6-10(11(7-9)16(20)21)15(4-2)8-12(17)18/h5-7H,3-4,8H2,1-2H3,(H,14,19)(H,17,18). The molecule has 1 aromatic carbocycles. The number of nitro groups is 1. The van der Waals surface area contributed by atoms with Gasteiger partial charge < -0.3 is 15.3 Å². The Bertz CT molecular complexity index is 559. The highest BCUT2D eigenvalue weighted by Crippen LogP contribution is 2.29. The van der Waals surface area contributed by atoms with E-state index in [1.807, 2.05) is 0 Å². The molecule has 0 heterocycles. The first kappa shape index (κ1) is 16.4. The van der Waals surface area contributed by atoms with E-state index in [-0.39, 0.29) is 23.5 Å². The van der Waals surface area contributed by atoms with Gasteiger partial charge in [-0.1, -0.05) is 0 Å². The zero-order chi connectivity index (χ0) is 16.0. The summed E-state index contributed by atoms with van der Waals surface area (Å²) in [5.41, 5.74) is 0.0541. The number of amides is 1. The molecule has 114 valence electrons. The van der Waals surface area contributed by atoms with Crippen molar-refractivity contribution in [2.45, 2.75) is 13.8 Å². The number of aliphatic carboxylic acids is 1. The molecule has 0 aliphatic rings. The lowest BCUT2D eigenvalue weighted by atomic mass is 10.1. The molecule has 0 aliphatic carbocycles. The van der Waals surface area contributed by atoms with Crippen molar-refractivity contribution in [3.63, 3.8) is 0 Å². The minimum absolute atomic E-state index is 0.165. The molecule has 1 rings (SSSR count). The molecule has 8 heteroatoms. The summed E-state index contributed by atoms with van der Waals surface area (Å²) < 4.78 is 0. The second-order valence-electron chi connectivity index (χ2n) is 4.23. The van der Waals surface area contributed by atoms with Crippen LogP contribution in [0.4, 0.5) is 11.4 Å². The van der Waals surface area contributed by atoms with Gasteiger partial charge in [-0.05, 0) is 26.0 Å². The van der Waals surface area contributed by atoms with Crippen molar-refractivity contribution in [1.82, 2.24) is 5.32 Å². The van der Waals surface area contributed by atoms with Crippen LogP contribution in [0.25, 0.3) is 0 Å². The fraction of sp³-hybridized carbons (Fsp3) is 0.385. The largest absolute Gasteiger partial charge is 0.480 e. The number of rotatable bonds is 7. The lowest BCUT2D eigenvalue weighted by Gasteiger charge is -2.20. The zero-order valence-corrected chi connectivity index (χ0v) is 11.8. The number of carboxylic acids is 1. The van der Waals surface area contributed by atoms with Gasteiger partial charge in [-0.2, -0.15) is 0 Å². The van der Waals surface area contributed by atoms with Gasteiger partial charge in [-0.15, -0.1) is 0 Å². The Morgan fingerprint density at radius 1 is 1.38 bits per heavy atom. The zero-order valence-electron chi connectivity index (χ0n) is 11.8. The number of hydrogen-bond acceptors (Lipinski definition) is 5. The van der Waals surface area contributed by atoms with Gasteiger partial charge in [0, 0.05) is 24.7 Å². The third kappa shape index (κ3) is 4.16. The summed E-state index contributed by atoms with van der Waals surface area (Å²) >= 11 is 0. The maximum atomic E-state index is 11.7. The monoisotopic (exact) mass is 295 g/mol. The molecule has 8 nitrogen and oxygen atoms in total. The van der Waals surface area contributed by atoms with Crippen molar-refractivity contribution in [1.29, 1.82) is 0 Å². The summed E-state index contributed by atoms with van der Waals surface area (Å²) in [6, 6.07) is 4.00. The number of hydrogen-bond donors (Lipinski definition) is 2. The molecular formula is C13H17N3O5. The molecule has 0 saturated heterocycles. The van der Waals surface area contributed by atoms with Gasteiger partial charge >= 0.3 is 5.97 Å². The van der Waals surface area contributed by atoms with Crippen molar-refractivity contribution in [3.8, 4) is 0 Å². The van der Waals surface area contributed by atoms with E-state index >= 15 is 0 Å². The van der Waals surface area contributed by atoms with Gasteiger partial charge in [0.15, 0.2) is 0 Å². The minimum atomic E-state index is -1.08. The Morgan fingerprint density at radius 3 is 2.52 bits per heavy atom. The molecule has 0 saturated carbocycles. The normalized spacial score (nSPS) is 10.0. The maximum absolute atomic E-state index is 11.7. The molecule has 0 aliphatic heterocycles. The third-order valence-corrected chi connectivity index (χ3v) is 2.82. The van der Waals surface area contributed by atoms with Gasteiger partial charge in [-0.3, -0.25) is 19.7 Å². The second kappa shape index (κ2) is 7.22. The third-order valence-electron chi connectivity index (χ3n) is 2.82. The number of carbonyl (C=O) groups excluding carboxylic acids is 1. The van der Waals surface area contributed by atoms with Crippen LogP contribution in [0.3, 0.4) is 0 Å². The van der Waals surface area contributed by atoms with E-state index in [2.05, 4.69) is 5.32 Å². The molecule has 0 fully saturated rings. The number of carboxylic acid groups (broad SMARTS) is 1. The number of nitrogens with one attached hydrogen (secondary N) is 1. The molecule has 1 amide bonds. The Labute approximate surface area is 121 Å². The minimum Gasteiger partial charge on any atom is -0.480 e. The van der Waals surface area contributed by atoms with Crippen LogP contribution in [0.1, 0.15) is 24.2 Å². The van der Waals surface area contributed by atoms with E-state index in [0.717, 1.165) is 6.07 Å². The smallest absolute Gasteiger partial charge is 0.323 e. The Hall–Kier alpha value is -2.64. The average molecular weight is 295 g/mol. The molecular weight excluding hydrogens is 278 g/mol. The van der Waals surface area contributed by atoms with Crippen LogP contribution < -0.4 is 10.2 Å². The number of benzene rings is 1. The number of nitro benzene ring substituents is 1. The highest BCUT2D eigenvalue weighted by Gasteiger charge is 2.22. The molecule has 21 heavy (non-hydrogen) atoms. The van der Waals surface area contributed by atoms with Crippen LogP contribution in [-0.4, -0.2) is 41.5 Å². The molecule has 0 bridgehead atoms. The first-order valence-corrected chi connectivity index (χ1v) is 6.44. The molecule has 0 radical (unpaired) electrons. The lowest BCUT2D eigenvalue weighted by Crippen LogP contribution is -2.30. The molecule has 0 aromatic heterocycles. The van der Waals surface area contributed by atoms with Crippen LogP contribution in [0.2, 0.25) is 0 Å². The van der Waals surface area contributed by atoms with Crippen molar-refractivity contribution in [3.05, 3.63) is 33.9 Å². The van der Waals surface area contributed by atoms with E-state index in [1.165, 1.54) is 17.0 Å². The average Bonchev–Trinajstić information content (AvgIpc) is 2.44. The van der Waals surface area contributed by atoms with Crippen LogP contribution in [0, 0.1) is 10.1 Å². The van der Waals surface area contributed by atoms with Crippen molar-refractivity contribution >= 4 is 23.3 Å². The lowest BCUT2D eigenvalue weighted by molar-refractivity contribution is -0.384. The number of anilines is 1. The Morgan fingerprint density at radius 2 is 2.05 bits per heavy atom. The van der Waals surface area contributed by atoms with Gasteiger partial charge in [0.05, 0.1) is 4.92 Å². The van der Waals surface area contributed by atoms with E-state index in [0.29, 0.717) is 13.1 Å². The first-order valence-electron chi connectivity index (χ1n) is 6.44. The fourth-order valence-electron chi connectivity index (χ4n) is 1.87. The predicted molar refractivity (Wildman–Crippen MR) is 76.6 cm³/mol. The van der Waals surface area contributed by atoms with Gasteiger partial charge in [0.1, 0.15) is 12.2 Å². The van der Waals surface area contributed by atoms with E-state index in [1.54, 1.807) is 13.8 Å². The second-order valence-corrected chi connectivity index (χ2v) is 4.23. The van der Waals surface area contributed by atoms with Crippen molar-refractivity contribution in [2.24, 2.45) is 0 Å². The molecule has 1 aromatic rings. The van der Waals surface area contributed by atoms with Gasteiger partial charge in [0.25, 0.3) is 11.6 Å². The highest BCUT2D eigenvalue weighted by molar-refractivity contribution is 5.95. The number of nitrogens with zero attached hydrogens (tertiary/aromatic N) is 2. The molecule has 0 atom stereocenters. The van der Waals surface area contributed by atoms with E-state index in [4.69, 9.17) is 5.11 Å². The first-order chi connectivity index (χ1) is 9.90. The summed E-state index contributed by atoms with van der Waals surface area (Å²) in [5.74, 6) is -1.49. The highest BCUT2D eigenvalue weighted by atomic mass is 16.6. The maximum Gasteiger partial charge on any atom is 0.323 e. The molecule has 0 spiro atoms. The summed E-state index contributed by atoms with van der Waals surface area (Å²) in [4.78, 5) is 34.4. The topological polar surface area (TPSA) is 113 Å². The van der Waals surface area contributed by atoms with Crippen LogP contribution >= 0.6 is 0 Å². The van der Waals surface area contributed by atoms with Crippen LogP contribution in [0.5, 0.6) is 0 Å². The summed E-state index contributed by atoms with van der Waals surface area (Å²) in [5, 5.41) is 22.6. The van der Waals surface area contributed by atoms with Gasteiger partial charge in [-0.25, -0.2) is 0 Å². The quantitative estimate of drug-likeness (QED) is 0.578. The van der Waals surface area contributed by atoms with Gasteiger partial charge in [0.2, 0.25) is 0 Å². The van der Waals surface area contributed by atoms with Crippen LogP contribution in [-0.2, 0) is 4.79 Å². The fourth-order valence-corrected chi connectivity index (χ4v) is 1.87. The Balaban J connectivity index is 3.23. The summed E-state index contributed by atoms with van der Waals surface area (Å²) in [7, 11) is 0. The number of carbonyl (C=O) groups is 2. The Kier molecular flexibility index (Phi) is 5.65. The summed E-state index contributed by atoms with van der Waals surface area (Å²) in [6.07, 6.45) is 0. The molecule has 2 N–H and O–H groups in total. The number of likely N-dealkylation sites (N-methyl/N-ethyl adjacent to an activating group) is 1. The van der Waals surface area contributed by atoms with Crippen LogP contribution in [0.15, 0.2) is 18.2 Å². The predicted octanol–water partition coefficient (Wildman–Crippen LogP) is 1.26. The van der Waals surface area contributed by atoms with Crippen molar-refractivity contribution in [2.75, 3.05) is 24.5 Å². The SMILES string of the molecule is CCNC(=O)c1ccc(N(CC)CC(=O)O)c([N+](=O)[O-])c1.